The van der Waals surface area contributed by atoms with Gasteiger partial charge in [-0.3, -0.25) is 0 Å². The molecule has 0 aliphatic rings. The molecule has 16 heavy (non-hydrogen) atoms. The van der Waals surface area contributed by atoms with Gasteiger partial charge in [0.15, 0.2) is 0 Å². The Labute approximate surface area is 95.0 Å². The summed E-state index contributed by atoms with van der Waals surface area (Å²) >= 11 is 0. The summed E-state index contributed by atoms with van der Waals surface area (Å²) in [6, 6.07) is 4.65. The highest BCUT2D eigenvalue weighted by Gasteiger charge is 2.12. The molecule has 0 spiro atoms. The third kappa shape index (κ3) is 3.15. The first-order chi connectivity index (χ1) is 7.54. The Kier molecular flexibility index (Phi) is 4.17. The summed E-state index contributed by atoms with van der Waals surface area (Å²) in [4.78, 5) is 11.0. The van der Waals surface area contributed by atoms with Crippen LogP contribution in [0.25, 0.3) is 0 Å². The second kappa shape index (κ2) is 5.39. The number of anilines is 1. The van der Waals surface area contributed by atoms with Crippen molar-refractivity contribution in [2.75, 3.05) is 12.3 Å². The van der Waals surface area contributed by atoms with Crippen LogP contribution in [0.3, 0.4) is 0 Å². The van der Waals surface area contributed by atoms with Gasteiger partial charge in [0.25, 0.3) is 0 Å². The van der Waals surface area contributed by atoms with Crippen LogP contribution in [0.1, 0.15) is 30.6 Å². The van der Waals surface area contributed by atoms with Crippen LogP contribution < -0.4 is 10.5 Å². The van der Waals surface area contributed by atoms with Crippen molar-refractivity contribution in [3.8, 4) is 5.75 Å². The molecular weight excluding hydrogens is 206 g/mol. The van der Waals surface area contributed by atoms with E-state index < -0.39 is 5.97 Å². The van der Waals surface area contributed by atoms with Crippen LogP contribution in [0.4, 0.5) is 5.69 Å². The molecule has 4 nitrogen and oxygen atoms in total. The van der Waals surface area contributed by atoms with E-state index in [-0.39, 0.29) is 5.56 Å². The predicted octanol–water partition coefficient (Wildman–Crippen LogP) is 2.39. The Balaban J connectivity index is 2.82. The molecule has 0 aromatic heterocycles. The van der Waals surface area contributed by atoms with Crippen molar-refractivity contribution in [1.29, 1.82) is 0 Å². The fourth-order valence-electron chi connectivity index (χ4n) is 1.19. The second-order valence-electron chi connectivity index (χ2n) is 3.89. The van der Waals surface area contributed by atoms with E-state index in [0.29, 0.717) is 24.0 Å². The molecule has 0 fully saturated rings. The third-order valence-corrected chi connectivity index (χ3v) is 2.45. The lowest BCUT2D eigenvalue weighted by Gasteiger charge is -2.13. The summed E-state index contributed by atoms with van der Waals surface area (Å²) < 4.78 is 5.47. The first kappa shape index (κ1) is 12.4. The minimum atomic E-state index is -1.02. The van der Waals surface area contributed by atoms with Gasteiger partial charge in [-0.25, -0.2) is 4.79 Å². The van der Waals surface area contributed by atoms with E-state index in [9.17, 15) is 4.79 Å². The number of hydrogen-bond donors (Lipinski definition) is 2. The maximum absolute atomic E-state index is 11.0. The van der Waals surface area contributed by atoms with Crippen molar-refractivity contribution in [2.24, 2.45) is 5.92 Å². The highest BCUT2D eigenvalue weighted by atomic mass is 16.5. The van der Waals surface area contributed by atoms with Gasteiger partial charge in [0.05, 0.1) is 6.61 Å². The first-order valence-electron chi connectivity index (χ1n) is 5.30. The van der Waals surface area contributed by atoms with Gasteiger partial charge < -0.3 is 15.6 Å². The quantitative estimate of drug-likeness (QED) is 0.752. The summed E-state index contributed by atoms with van der Waals surface area (Å²) in [5.41, 5.74) is 6.07. The normalized spacial score (nSPS) is 12.1. The van der Waals surface area contributed by atoms with E-state index >= 15 is 0 Å². The summed E-state index contributed by atoms with van der Waals surface area (Å²) in [7, 11) is 0. The Hall–Kier alpha value is -1.71. The van der Waals surface area contributed by atoms with E-state index in [1.165, 1.54) is 6.07 Å². The highest BCUT2D eigenvalue weighted by Crippen LogP contribution is 2.22. The van der Waals surface area contributed by atoms with Crippen LogP contribution in [0.2, 0.25) is 0 Å². The Morgan fingerprint density at radius 3 is 2.81 bits per heavy atom. The van der Waals surface area contributed by atoms with Crippen molar-refractivity contribution in [3.63, 3.8) is 0 Å². The Morgan fingerprint density at radius 1 is 1.56 bits per heavy atom. The van der Waals surface area contributed by atoms with Gasteiger partial charge >= 0.3 is 5.97 Å². The smallest absolute Gasteiger partial charge is 0.339 e. The molecule has 0 saturated carbocycles. The zero-order valence-electron chi connectivity index (χ0n) is 9.56. The number of benzene rings is 1. The number of hydrogen-bond acceptors (Lipinski definition) is 3. The third-order valence-electron chi connectivity index (χ3n) is 2.45. The molecular formula is C12H17NO3. The SMILES string of the molecule is CCC(C)COc1ccc(N)cc1C(=O)O. The van der Waals surface area contributed by atoms with E-state index in [1.807, 2.05) is 0 Å². The minimum absolute atomic E-state index is 0.114. The van der Waals surface area contributed by atoms with Gasteiger partial charge in [0.2, 0.25) is 0 Å². The molecule has 88 valence electrons. The molecule has 1 aromatic carbocycles. The van der Waals surface area contributed by atoms with Crippen LogP contribution in [0, 0.1) is 5.92 Å². The predicted molar refractivity (Wildman–Crippen MR) is 62.8 cm³/mol. The number of ether oxygens (including phenoxy) is 1. The van der Waals surface area contributed by atoms with E-state index in [1.54, 1.807) is 12.1 Å². The number of rotatable bonds is 5. The molecule has 0 aliphatic carbocycles. The number of carbonyl (C=O) groups is 1. The molecule has 3 N–H and O–H groups in total. The van der Waals surface area contributed by atoms with Crippen molar-refractivity contribution in [3.05, 3.63) is 23.8 Å². The molecule has 0 aliphatic heterocycles. The van der Waals surface area contributed by atoms with Crippen LogP contribution in [0.5, 0.6) is 5.75 Å². The van der Waals surface area contributed by atoms with Gasteiger partial charge in [-0.05, 0) is 24.1 Å². The van der Waals surface area contributed by atoms with Gasteiger partial charge in [-0.1, -0.05) is 20.3 Å². The molecule has 4 heteroatoms. The van der Waals surface area contributed by atoms with Crippen LogP contribution in [-0.2, 0) is 0 Å². The van der Waals surface area contributed by atoms with Crippen LogP contribution in [0.15, 0.2) is 18.2 Å². The van der Waals surface area contributed by atoms with E-state index in [4.69, 9.17) is 15.6 Å². The van der Waals surface area contributed by atoms with Crippen LogP contribution >= 0.6 is 0 Å². The Bertz CT molecular complexity index is 377. The fraction of sp³-hybridized carbons (Fsp3) is 0.417. The van der Waals surface area contributed by atoms with Crippen molar-refractivity contribution < 1.29 is 14.6 Å². The molecule has 1 atom stereocenters. The monoisotopic (exact) mass is 223 g/mol. The average molecular weight is 223 g/mol. The standard InChI is InChI=1S/C12H17NO3/c1-3-8(2)7-16-11-5-4-9(13)6-10(11)12(14)15/h4-6,8H,3,7,13H2,1-2H3,(H,14,15). The number of aromatic carboxylic acids is 1. The molecule has 1 aromatic rings. The van der Waals surface area contributed by atoms with Crippen molar-refractivity contribution in [1.82, 2.24) is 0 Å². The number of carboxylic acid groups (broad SMARTS) is 1. The van der Waals surface area contributed by atoms with Crippen molar-refractivity contribution >= 4 is 11.7 Å². The van der Waals surface area contributed by atoms with Crippen LogP contribution in [-0.4, -0.2) is 17.7 Å². The average Bonchev–Trinajstić information content (AvgIpc) is 2.26. The lowest BCUT2D eigenvalue weighted by Crippen LogP contribution is -2.10. The summed E-state index contributed by atoms with van der Waals surface area (Å²) in [5, 5.41) is 8.98. The fourth-order valence-corrected chi connectivity index (χ4v) is 1.19. The molecule has 1 rings (SSSR count). The number of nitrogens with two attached hydrogens (primary N) is 1. The van der Waals surface area contributed by atoms with Gasteiger partial charge in [-0.2, -0.15) is 0 Å². The molecule has 0 saturated heterocycles. The molecule has 0 radical (unpaired) electrons. The second-order valence-corrected chi connectivity index (χ2v) is 3.89. The topological polar surface area (TPSA) is 72.5 Å². The molecule has 0 bridgehead atoms. The molecule has 0 amide bonds. The largest absolute Gasteiger partial charge is 0.492 e. The summed E-state index contributed by atoms with van der Waals surface area (Å²) in [6.07, 6.45) is 0.997. The van der Waals surface area contributed by atoms with Crippen molar-refractivity contribution in [2.45, 2.75) is 20.3 Å². The highest BCUT2D eigenvalue weighted by molar-refractivity contribution is 5.92. The minimum Gasteiger partial charge on any atom is -0.492 e. The zero-order chi connectivity index (χ0) is 12.1. The molecule has 1 unspecified atom stereocenters. The lowest BCUT2D eigenvalue weighted by atomic mass is 10.1. The summed E-state index contributed by atoms with van der Waals surface area (Å²) in [6.45, 7) is 4.63. The van der Waals surface area contributed by atoms with E-state index in [2.05, 4.69) is 13.8 Å². The molecule has 0 heterocycles. The number of nitrogen functional groups attached to an aromatic ring is 1. The zero-order valence-corrected chi connectivity index (χ0v) is 9.56. The summed E-state index contributed by atoms with van der Waals surface area (Å²) in [5.74, 6) is -0.243. The number of carboxylic acids is 1. The van der Waals surface area contributed by atoms with E-state index in [0.717, 1.165) is 6.42 Å². The maximum Gasteiger partial charge on any atom is 0.339 e. The van der Waals surface area contributed by atoms with Gasteiger partial charge in [0.1, 0.15) is 11.3 Å². The Morgan fingerprint density at radius 2 is 2.25 bits per heavy atom. The van der Waals surface area contributed by atoms with Gasteiger partial charge in [0, 0.05) is 5.69 Å². The first-order valence-corrected chi connectivity index (χ1v) is 5.30. The lowest BCUT2D eigenvalue weighted by molar-refractivity contribution is 0.0691. The van der Waals surface area contributed by atoms with Gasteiger partial charge in [-0.15, -0.1) is 0 Å². The maximum atomic E-state index is 11.0.